The highest BCUT2D eigenvalue weighted by Gasteiger charge is 2.16. The summed E-state index contributed by atoms with van der Waals surface area (Å²) >= 11 is 1.73. The van der Waals surface area contributed by atoms with Gasteiger partial charge in [-0.15, -0.1) is 0 Å². The Labute approximate surface area is 105 Å². The fourth-order valence-electron chi connectivity index (χ4n) is 1.74. The van der Waals surface area contributed by atoms with Crippen LogP contribution in [-0.2, 0) is 0 Å². The van der Waals surface area contributed by atoms with E-state index in [0.29, 0.717) is 6.79 Å². The van der Waals surface area contributed by atoms with E-state index >= 15 is 0 Å². The van der Waals surface area contributed by atoms with Crippen molar-refractivity contribution in [2.75, 3.05) is 32.0 Å². The zero-order valence-corrected chi connectivity index (χ0v) is 10.6. The van der Waals surface area contributed by atoms with Crippen molar-refractivity contribution in [3.05, 3.63) is 23.8 Å². The van der Waals surface area contributed by atoms with Crippen molar-refractivity contribution in [2.24, 2.45) is 0 Å². The lowest BCUT2D eigenvalue weighted by molar-refractivity contribution is 0.174. The second-order valence-corrected chi connectivity index (χ2v) is 4.90. The van der Waals surface area contributed by atoms with Crippen molar-refractivity contribution in [1.29, 1.82) is 0 Å². The van der Waals surface area contributed by atoms with Crippen LogP contribution >= 0.6 is 11.8 Å². The maximum Gasteiger partial charge on any atom is 0.231 e. The molecule has 4 nitrogen and oxygen atoms in total. The fraction of sp³-hybridized carbons (Fsp3) is 0.500. The molecule has 0 spiro atoms. The highest BCUT2D eigenvalue weighted by atomic mass is 32.2. The molecule has 0 amide bonds. The van der Waals surface area contributed by atoms with Crippen LogP contribution in [0.25, 0.3) is 0 Å². The molecule has 0 aliphatic carbocycles. The Kier molecular flexibility index (Phi) is 4.53. The predicted molar refractivity (Wildman–Crippen MR) is 68.8 cm³/mol. The number of thioether (sulfide) groups is 1. The van der Waals surface area contributed by atoms with Gasteiger partial charge in [0.1, 0.15) is 0 Å². The number of hydrogen-bond donors (Lipinski definition) is 2. The first kappa shape index (κ1) is 12.5. The summed E-state index contributed by atoms with van der Waals surface area (Å²) in [6, 6.07) is 6.27. The Morgan fingerprint density at radius 1 is 1.41 bits per heavy atom. The number of aliphatic hydroxyl groups excluding tert-OH is 1. The van der Waals surface area contributed by atoms with Gasteiger partial charge in [-0.1, -0.05) is 6.07 Å². The molecule has 1 aliphatic heterocycles. The number of hydrogen-bond acceptors (Lipinski definition) is 5. The lowest BCUT2D eigenvalue weighted by atomic mass is 10.1. The summed E-state index contributed by atoms with van der Waals surface area (Å²) in [5.74, 6) is 3.32. The van der Waals surface area contributed by atoms with E-state index in [1.807, 2.05) is 25.2 Å². The first-order valence-corrected chi connectivity index (χ1v) is 6.76. The highest BCUT2D eigenvalue weighted by molar-refractivity contribution is 7.99. The van der Waals surface area contributed by atoms with E-state index < -0.39 is 0 Å². The molecule has 17 heavy (non-hydrogen) atoms. The van der Waals surface area contributed by atoms with Crippen LogP contribution in [0.15, 0.2) is 18.2 Å². The zero-order chi connectivity index (χ0) is 12.1. The third kappa shape index (κ3) is 3.06. The van der Waals surface area contributed by atoms with Gasteiger partial charge in [-0.05, 0) is 24.7 Å². The summed E-state index contributed by atoms with van der Waals surface area (Å²) in [5, 5.41) is 12.0. The van der Waals surface area contributed by atoms with Crippen molar-refractivity contribution in [3.8, 4) is 11.5 Å². The van der Waals surface area contributed by atoms with Crippen LogP contribution in [0.4, 0.5) is 0 Å². The van der Waals surface area contributed by atoms with Crippen molar-refractivity contribution in [1.82, 2.24) is 5.32 Å². The Morgan fingerprint density at radius 2 is 2.24 bits per heavy atom. The SMILES string of the molecule is CNC(CSCCO)c1ccc2c(c1)OCO2. The Hall–Kier alpha value is -0.910. The number of ether oxygens (including phenoxy) is 2. The highest BCUT2D eigenvalue weighted by Crippen LogP contribution is 2.34. The molecule has 0 aromatic heterocycles. The summed E-state index contributed by atoms with van der Waals surface area (Å²) in [7, 11) is 1.94. The van der Waals surface area contributed by atoms with E-state index in [4.69, 9.17) is 14.6 Å². The zero-order valence-electron chi connectivity index (χ0n) is 9.81. The molecule has 0 saturated heterocycles. The molecule has 2 N–H and O–H groups in total. The minimum atomic E-state index is 0.224. The largest absolute Gasteiger partial charge is 0.454 e. The van der Waals surface area contributed by atoms with E-state index in [1.165, 1.54) is 5.56 Å². The third-order valence-corrected chi connectivity index (χ3v) is 3.71. The Morgan fingerprint density at radius 3 is 3.00 bits per heavy atom. The van der Waals surface area contributed by atoms with Crippen LogP contribution in [0.5, 0.6) is 11.5 Å². The first-order chi connectivity index (χ1) is 8.35. The summed E-state index contributed by atoms with van der Waals surface area (Å²) in [5.41, 5.74) is 1.18. The lowest BCUT2D eigenvalue weighted by Crippen LogP contribution is -2.19. The molecular weight excluding hydrogens is 238 g/mol. The molecule has 1 atom stereocenters. The van der Waals surface area contributed by atoms with Crippen LogP contribution in [0.3, 0.4) is 0 Å². The minimum absolute atomic E-state index is 0.224. The molecule has 1 aliphatic rings. The van der Waals surface area contributed by atoms with Crippen LogP contribution in [0.1, 0.15) is 11.6 Å². The number of benzene rings is 1. The molecule has 1 unspecified atom stereocenters. The number of rotatable bonds is 6. The van der Waals surface area contributed by atoms with Gasteiger partial charge in [0.2, 0.25) is 6.79 Å². The average Bonchev–Trinajstić information content (AvgIpc) is 2.82. The van der Waals surface area contributed by atoms with E-state index in [2.05, 4.69) is 5.32 Å². The standard InChI is InChI=1S/C12H17NO3S/c1-13-10(7-17-5-4-14)9-2-3-11-12(6-9)16-8-15-11/h2-3,6,10,13-14H,4-5,7-8H2,1H3. The van der Waals surface area contributed by atoms with Crippen molar-refractivity contribution in [3.63, 3.8) is 0 Å². The molecular formula is C12H17NO3S. The molecule has 1 heterocycles. The van der Waals surface area contributed by atoms with Crippen LogP contribution in [0, 0.1) is 0 Å². The maximum absolute atomic E-state index is 8.77. The second kappa shape index (κ2) is 6.14. The maximum atomic E-state index is 8.77. The van der Waals surface area contributed by atoms with Gasteiger partial charge in [-0.3, -0.25) is 0 Å². The molecule has 1 aromatic rings. The predicted octanol–water partition coefficient (Wildman–Crippen LogP) is 1.40. The summed E-state index contributed by atoms with van der Waals surface area (Å²) in [4.78, 5) is 0. The van der Waals surface area contributed by atoms with Gasteiger partial charge in [0.15, 0.2) is 11.5 Å². The molecule has 0 saturated carbocycles. The van der Waals surface area contributed by atoms with Gasteiger partial charge in [0.25, 0.3) is 0 Å². The van der Waals surface area contributed by atoms with Crippen LogP contribution in [0.2, 0.25) is 0 Å². The number of nitrogens with one attached hydrogen (secondary N) is 1. The molecule has 0 radical (unpaired) electrons. The van der Waals surface area contributed by atoms with Gasteiger partial charge in [0, 0.05) is 17.5 Å². The molecule has 0 bridgehead atoms. The summed E-state index contributed by atoms with van der Waals surface area (Å²) < 4.78 is 10.6. The molecule has 94 valence electrons. The molecule has 5 heteroatoms. The minimum Gasteiger partial charge on any atom is -0.454 e. The van der Waals surface area contributed by atoms with E-state index in [0.717, 1.165) is 23.0 Å². The number of fused-ring (bicyclic) bond motifs is 1. The summed E-state index contributed by atoms with van der Waals surface area (Å²) in [6.45, 7) is 0.532. The molecule has 0 fully saturated rings. The molecule has 1 aromatic carbocycles. The van der Waals surface area contributed by atoms with E-state index in [1.54, 1.807) is 11.8 Å². The van der Waals surface area contributed by atoms with Gasteiger partial charge < -0.3 is 19.9 Å². The monoisotopic (exact) mass is 255 g/mol. The Balaban J connectivity index is 2.03. The number of aliphatic hydroxyl groups is 1. The van der Waals surface area contributed by atoms with Crippen molar-refractivity contribution >= 4 is 11.8 Å². The molecule has 2 rings (SSSR count). The van der Waals surface area contributed by atoms with E-state index in [9.17, 15) is 0 Å². The van der Waals surface area contributed by atoms with Gasteiger partial charge >= 0.3 is 0 Å². The smallest absolute Gasteiger partial charge is 0.231 e. The van der Waals surface area contributed by atoms with E-state index in [-0.39, 0.29) is 12.6 Å². The van der Waals surface area contributed by atoms with Gasteiger partial charge in [-0.25, -0.2) is 0 Å². The van der Waals surface area contributed by atoms with Crippen LogP contribution < -0.4 is 14.8 Å². The quantitative estimate of drug-likeness (QED) is 0.753. The second-order valence-electron chi connectivity index (χ2n) is 3.75. The third-order valence-electron chi connectivity index (χ3n) is 2.67. The van der Waals surface area contributed by atoms with Crippen molar-refractivity contribution < 1.29 is 14.6 Å². The van der Waals surface area contributed by atoms with Crippen molar-refractivity contribution in [2.45, 2.75) is 6.04 Å². The Bertz CT molecular complexity index is 373. The average molecular weight is 255 g/mol. The topological polar surface area (TPSA) is 50.7 Å². The van der Waals surface area contributed by atoms with Crippen LogP contribution in [-0.4, -0.2) is 37.1 Å². The first-order valence-electron chi connectivity index (χ1n) is 5.60. The summed E-state index contributed by atoms with van der Waals surface area (Å²) in [6.07, 6.45) is 0. The normalized spacial score (nSPS) is 14.9. The van der Waals surface area contributed by atoms with Gasteiger partial charge in [-0.2, -0.15) is 11.8 Å². The lowest BCUT2D eigenvalue weighted by Gasteiger charge is -2.16. The fourth-order valence-corrected chi connectivity index (χ4v) is 2.63. The van der Waals surface area contributed by atoms with Gasteiger partial charge in [0.05, 0.1) is 6.61 Å².